The summed E-state index contributed by atoms with van der Waals surface area (Å²) in [5.74, 6) is -1.17. The number of thiophene rings is 1. The number of rotatable bonds is 3. The number of nitrogens with zero attached hydrogens (tertiary/aromatic N) is 4. The predicted molar refractivity (Wildman–Crippen MR) is 106 cm³/mol. The molecule has 2 N–H and O–H groups in total. The molecule has 0 spiro atoms. The van der Waals surface area contributed by atoms with E-state index in [4.69, 9.17) is 5.26 Å². The first-order valence-corrected chi connectivity index (χ1v) is 9.56. The molecule has 29 heavy (non-hydrogen) atoms. The van der Waals surface area contributed by atoms with E-state index in [1.165, 1.54) is 11.3 Å². The summed E-state index contributed by atoms with van der Waals surface area (Å²) in [5.41, 5.74) is 4.46. The maximum absolute atomic E-state index is 13.1. The van der Waals surface area contributed by atoms with Gasteiger partial charge in [-0.1, -0.05) is 30.3 Å². The lowest BCUT2D eigenvalue weighted by Crippen LogP contribution is -2.51. The number of hydrogen-bond donors (Lipinski definition) is 2. The van der Waals surface area contributed by atoms with Crippen LogP contribution in [0.4, 0.5) is 5.00 Å². The topological polar surface area (TPSA) is 121 Å². The van der Waals surface area contributed by atoms with Gasteiger partial charge in [-0.15, -0.1) is 11.3 Å². The number of ketones is 1. The lowest BCUT2D eigenvalue weighted by Gasteiger charge is -2.33. The number of allylic oxidation sites excluding steroid dienone is 1. The van der Waals surface area contributed by atoms with Gasteiger partial charge in [0.1, 0.15) is 22.7 Å². The highest BCUT2D eigenvalue weighted by atomic mass is 32.1. The van der Waals surface area contributed by atoms with Gasteiger partial charge in [-0.05, 0) is 23.9 Å². The van der Waals surface area contributed by atoms with Crippen molar-refractivity contribution in [3.8, 4) is 12.1 Å². The third-order valence-electron chi connectivity index (χ3n) is 4.67. The van der Waals surface area contributed by atoms with Crippen molar-refractivity contribution >= 4 is 33.9 Å². The Morgan fingerprint density at radius 1 is 1.28 bits per heavy atom. The standard InChI is InChI=1S/C20H14N6O2S/c1-11-15(19(28)24-20-13(9-21)7-8-29-20)17(27)18-23-14(10-22)16(26(18)25-11)12-5-3-2-4-6-12/h2-8,14,16,25H,1H3,(H,24,28). The maximum Gasteiger partial charge on any atom is 0.262 e. The Bertz CT molecular complexity index is 1150. The summed E-state index contributed by atoms with van der Waals surface area (Å²) in [6.07, 6.45) is 0. The third-order valence-corrected chi connectivity index (χ3v) is 5.50. The van der Waals surface area contributed by atoms with Gasteiger partial charge in [0.05, 0.1) is 11.6 Å². The van der Waals surface area contributed by atoms with Gasteiger partial charge in [0.2, 0.25) is 5.78 Å². The zero-order chi connectivity index (χ0) is 20.5. The lowest BCUT2D eigenvalue weighted by atomic mass is 10.00. The van der Waals surface area contributed by atoms with E-state index in [9.17, 15) is 14.9 Å². The summed E-state index contributed by atoms with van der Waals surface area (Å²) < 4.78 is 0. The van der Waals surface area contributed by atoms with Crippen LogP contribution in [0.25, 0.3) is 0 Å². The monoisotopic (exact) mass is 402 g/mol. The van der Waals surface area contributed by atoms with Gasteiger partial charge in [-0.3, -0.25) is 20.0 Å². The van der Waals surface area contributed by atoms with Crippen molar-refractivity contribution in [3.63, 3.8) is 0 Å². The largest absolute Gasteiger partial charge is 0.312 e. The first-order valence-electron chi connectivity index (χ1n) is 8.68. The summed E-state index contributed by atoms with van der Waals surface area (Å²) in [4.78, 5) is 30.1. The molecule has 3 heterocycles. The van der Waals surface area contributed by atoms with Gasteiger partial charge < -0.3 is 5.32 Å². The number of aliphatic imine (C=N–C) groups is 1. The quantitative estimate of drug-likeness (QED) is 0.760. The molecule has 2 aromatic rings. The minimum Gasteiger partial charge on any atom is -0.312 e. The molecule has 9 heteroatoms. The Kier molecular flexibility index (Phi) is 4.59. The summed E-state index contributed by atoms with van der Waals surface area (Å²) in [7, 11) is 0. The van der Waals surface area contributed by atoms with Crippen molar-refractivity contribution in [1.29, 1.82) is 10.5 Å². The number of fused-ring (bicyclic) bond motifs is 1. The van der Waals surface area contributed by atoms with E-state index in [2.05, 4.69) is 21.8 Å². The fourth-order valence-electron chi connectivity index (χ4n) is 3.36. The van der Waals surface area contributed by atoms with Gasteiger partial charge in [-0.25, -0.2) is 4.99 Å². The molecule has 1 amide bonds. The molecule has 0 saturated carbocycles. The van der Waals surface area contributed by atoms with Crippen LogP contribution >= 0.6 is 11.3 Å². The van der Waals surface area contributed by atoms with E-state index in [0.29, 0.717) is 16.3 Å². The molecule has 0 fully saturated rings. The van der Waals surface area contributed by atoms with Gasteiger partial charge >= 0.3 is 0 Å². The molecule has 4 rings (SSSR count). The summed E-state index contributed by atoms with van der Waals surface area (Å²) >= 11 is 1.20. The highest BCUT2D eigenvalue weighted by Gasteiger charge is 2.45. The third kappa shape index (κ3) is 3.04. The number of Topliss-reactive ketones (excluding diaryl/α,β-unsaturated/α-hetero) is 1. The number of amidine groups is 1. The van der Waals surface area contributed by atoms with Crippen molar-refractivity contribution in [1.82, 2.24) is 10.4 Å². The molecular formula is C20H14N6O2S. The summed E-state index contributed by atoms with van der Waals surface area (Å²) in [5, 5.41) is 24.9. The Balaban J connectivity index is 1.67. The van der Waals surface area contributed by atoms with E-state index in [1.54, 1.807) is 23.4 Å². The van der Waals surface area contributed by atoms with Crippen molar-refractivity contribution in [2.75, 3.05) is 5.32 Å². The number of benzene rings is 1. The summed E-state index contributed by atoms with van der Waals surface area (Å²) in [6, 6.07) is 13.7. The molecular weight excluding hydrogens is 388 g/mol. The molecule has 0 saturated heterocycles. The highest BCUT2D eigenvalue weighted by Crippen LogP contribution is 2.34. The fraction of sp³-hybridized carbons (Fsp3) is 0.150. The van der Waals surface area contributed by atoms with E-state index >= 15 is 0 Å². The second-order valence-corrected chi connectivity index (χ2v) is 7.34. The smallest absolute Gasteiger partial charge is 0.262 e. The zero-order valence-corrected chi connectivity index (χ0v) is 16.0. The molecule has 1 aromatic heterocycles. The Labute approximate surface area is 170 Å². The van der Waals surface area contributed by atoms with E-state index in [1.807, 2.05) is 36.4 Å². The minimum atomic E-state index is -0.790. The van der Waals surface area contributed by atoms with Crippen LogP contribution in [0.5, 0.6) is 0 Å². The van der Waals surface area contributed by atoms with Crippen molar-refractivity contribution < 1.29 is 9.59 Å². The first kappa shape index (κ1) is 18.4. The van der Waals surface area contributed by atoms with E-state index in [-0.39, 0.29) is 11.4 Å². The highest BCUT2D eigenvalue weighted by molar-refractivity contribution is 7.14. The van der Waals surface area contributed by atoms with Crippen LogP contribution in [0.2, 0.25) is 0 Å². The van der Waals surface area contributed by atoms with Crippen LogP contribution in [-0.2, 0) is 9.59 Å². The average Bonchev–Trinajstić information content (AvgIpc) is 3.32. The first-order chi connectivity index (χ1) is 14.0. The molecule has 2 unspecified atom stereocenters. The van der Waals surface area contributed by atoms with Crippen LogP contribution in [-0.4, -0.2) is 28.6 Å². The van der Waals surface area contributed by atoms with Crippen molar-refractivity contribution in [2.45, 2.75) is 19.0 Å². The second kappa shape index (κ2) is 7.23. The van der Waals surface area contributed by atoms with Crippen LogP contribution in [0, 0.1) is 22.7 Å². The molecule has 0 bridgehead atoms. The fourth-order valence-corrected chi connectivity index (χ4v) is 4.09. The van der Waals surface area contributed by atoms with Crippen LogP contribution in [0.15, 0.2) is 58.0 Å². The second-order valence-electron chi connectivity index (χ2n) is 6.42. The van der Waals surface area contributed by atoms with Crippen molar-refractivity contribution in [2.24, 2.45) is 4.99 Å². The molecule has 142 valence electrons. The molecule has 1 aromatic carbocycles. The molecule has 2 atom stereocenters. The minimum absolute atomic E-state index is 0.0211. The molecule has 0 aliphatic carbocycles. The van der Waals surface area contributed by atoms with Gasteiger partial charge in [-0.2, -0.15) is 10.5 Å². The number of anilines is 1. The van der Waals surface area contributed by atoms with Crippen LogP contribution in [0.3, 0.4) is 0 Å². The van der Waals surface area contributed by atoms with Gasteiger partial charge in [0, 0.05) is 5.70 Å². The Morgan fingerprint density at radius 3 is 2.72 bits per heavy atom. The van der Waals surface area contributed by atoms with E-state index in [0.717, 1.165) is 5.56 Å². The molecule has 2 aliphatic heterocycles. The van der Waals surface area contributed by atoms with Gasteiger partial charge in [0.25, 0.3) is 5.91 Å². The Morgan fingerprint density at radius 2 is 2.03 bits per heavy atom. The number of amides is 1. The summed E-state index contributed by atoms with van der Waals surface area (Å²) in [6.45, 7) is 1.62. The number of nitrogens with one attached hydrogen (secondary N) is 2. The number of carbonyl (C=O) groups excluding carboxylic acids is 2. The predicted octanol–water partition coefficient (Wildman–Crippen LogP) is 2.27. The molecule has 0 radical (unpaired) electrons. The van der Waals surface area contributed by atoms with Crippen LogP contribution in [0.1, 0.15) is 24.1 Å². The Hall–Kier alpha value is -3.95. The molecule has 2 aliphatic rings. The lowest BCUT2D eigenvalue weighted by molar-refractivity contribution is -0.117. The van der Waals surface area contributed by atoms with Crippen LogP contribution < -0.4 is 10.7 Å². The average molecular weight is 402 g/mol. The number of hydrogen-bond acceptors (Lipinski definition) is 8. The van der Waals surface area contributed by atoms with Crippen molar-refractivity contribution in [3.05, 3.63) is 64.2 Å². The number of carbonyl (C=O) groups is 2. The molecule has 8 nitrogen and oxygen atoms in total. The maximum atomic E-state index is 13.1. The van der Waals surface area contributed by atoms with E-state index < -0.39 is 23.8 Å². The number of nitriles is 2. The van der Waals surface area contributed by atoms with Gasteiger partial charge in [0.15, 0.2) is 11.9 Å². The SMILES string of the molecule is CC1=C(C(=O)Nc2sccc2C#N)C(=O)C2=NC(C#N)C(c3ccccc3)N2N1. The zero-order valence-electron chi connectivity index (χ0n) is 15.2. The normalized spacial score (nSPS) is 20.3. The number of hydrazine groups is 1.